The molecule has 0 unspecified atom stereocenters. The Balaban J connectivity index is 1.87. The van der Waals surface area contributed by atoms with E-state index in [1.54, 1.807) is 9.80 Å². The second-order valence-electron chi connectivity index (χ2n) is 5.30. The zero-order valence-corrected chi connectivity index (χ0v) is 15.0. The van der Waals surface area contributed by atoms with Crippen molar-refractivity contribution in [3.63, 3.8) is 0 Å². The topological polar surface area (TPSA) is 23.6 Å². The molecule has 1 amide bonds. The van der Waals surface area contributed by atoms with Crippen molar-refractivity contribution in [3.8, 4) is 0 Å². The zero-order valence-electron chi connectivity index (χ0n) is 12.6. The zero-order chi connectivity index (χ0) is 16.4. The Morgan fingerprint density at radius 3 is 2.39 bits per heavy atom. The average molecular weight is 387 g/mol. The van der Waals surface area contributed by atoms with Gasteiger partial charge >= 0.3 is 0 Å². The van der Waals surface area contributed by atoms with E-state index in [0.29, 0.717) is 17.4 Å². The molecule has 3 rings (SSSR count). The van der Waals surface area contributed by atoms with Gasteiger partial charge in [-0.2, -0.15) is 0 Å². The van der Waals surface area contributed by atoms with Crippen LogP contribution in [0.3, 0.4) is 0 Å². The van der Waals surface area contributed by atoms with Gasteiger partial charge in [0.2, 0.25) is 0 Å². The molecule has 3 nitrogen and oxygen atoms in total. The predicted molar refractivity (Wildman–Crippen MR) is 99.5 cm³/mol. The van der Waals surface area contributed by atoms with Gasteiger partial charge in [0, 0.05) is 11.5 Å². The van der Waals surface area contributed by atoms with Crippen LogP contribution in [0.15, 0.2) is 64.8 Å². The predicted octanol–water partition coefficient (Wildman–Crippen LogP) is 4.05. The third-order valence-electron chi connectivity index (χ3n) is 3.70. The maximum atomic E-state index is 12.7. The molecule has 0 saturated carbocycles. The van der Waals surface area contributed by atoms with Crippen LogP contribution in [-0.2, 0) is 11.3 Å². The highest BCUT2D eigenvalue weighted by Crippen LogP contribution is 2.24. The van der Waals surface area contributed by atoms with Crippen molar-refractivity contribution >= 4 is 45.2 Å². The summed E-state index contributed by atoms with van der Waals surface area (Å²) in [5, 5.41) is 0.530. The number of carbonyl (C=O) groups is 1. The van der Waals surface area contributed by atoms with Gasteiger partial charge in [-0.15, -0.1) is 0 Å². The minimum absolute atomic E-state index is 0.0655. The van der Waals surface area contributed by atoms with Gasteiger partial charge in [-0.05, 0) is 41.6 Å². The molecular formula is C18H15BrN2OS. The number of hydrogen-bond acceptors (Lipinski definition) is 2. The van der Waals surface area contributed by atoms with Crippen LogP contribution in [-0.4, -0.2) is 27.9 Å². The van der Waals surface area contributed by atoms with Crippen LogP contribution in [0.1, 0.15) is 11.1 Å². The van der Waals surface area contributed by atoms with Crippen molar-refractivity contribution < 1.29 is 4.79 Å². The van der Waals surface area contributed by atoms with Crippen molar-refractivity contribution in [2.24, 2.45) is 0 Å². The van der Waals surface area contributed by atoms with Gasteiger partial charge in [0.05, 0.1) is 6.54 Å². The van der Waals surface area contributed by atoms with E-state index < -0.39 is 0 Å². The van der Waals surface area contributed by atoms with Gasteiger partial charge in [0.15, 0.2) is 5.11 Å². The Hall–Kier alpha value is -1.98. The number of nitrogens with zero attached hydrogens (tertiary/aromatic N) is 2. The van der Waals surface area contributed by atoms with Crippen LogP contribution in [0.2, 0.25) is 0 Å². The van der Waals surface area contributed by atoms with Gasteiger partial charge in [-0.25, -0.2) is 0 Å². The molecule has 1 heterocycles. The molecule has 0 aromatic heterocycles. The fourth-order valence-corrected chi connectivity index (χ4v) is 2.94. The number of halogens is 1. The molecule has 5 heteroatoms. The first-order valence-corrected chi connectivity index (χ1v) is 8.37. The second-order valence-corrected chi connectivity index (χ2v) is 6.58. The summed E-state index contributed by atoms with van der Waals surface area (Å²) >= 11 is 8.85. The molecule has 1 fully saturated rings. The molecule has 0 N–H and O–H groups in total. The molecule has 0 atom stereocenters. The normalized spacial score (nSPS) is 16.5. The van der Waals surface area contributed by atoms with Crippen molar-refractivity contribution in [2.45, 2.75) is 6.54 Å². The molecule has 23 heavy (non-hydrogen) atoms. The summed E-state index contributed by atoms with van der Waals surface area (Å²) in [6.07, 6.45) is 1.87. The fourth-order valence-electron chi connectivity index (χ4n) is 2.43. The second kappa shape index (κ2) is 6.64. The molecular weight excluding hydrogens is 372 g/mol. The van der Waals surface area contributed by atoms with Gasteiger partial charge in [0.1, 0.15) is 5.70 Å². The highest BCUT2D eigenvalue weighted by Gasteiger charge is 2.35. The fraction of sp³-hybridized carbons (Fsp3) is 0.111. The largest absolute Gasteiger partial charge is 0.317 e. The molecule has 1 aliphatic rings. The average Bonchev–Trinajstić information content (AvgIpc) is 2.76. The van der Waals surface area contributed by atoms with Crippen molar-refractivity contribution in [1.29, 1.82) is 0 Å². The van der Waals surface area contributed by atoms with E-state index >= 15 is 0 Å². The molecule has 0 aliphatic carbocycles. The van der Waals surface area contributed by atoms with Crippen LogP contribution >= 0.6 is 28.1 Å². The molecule has 2 aromatic rings. The Morgan fingerprint density at radius 2 is 1.74 bits per heavy atom. The van der Waals surface area contributed by atoms with Crippen molar-refractivity contribution in [1.82, 2.24) is 9.80 Å². The summed E-state index contributed by atoms with van der Waals surface area (Å²) in [6, 6.07) is 17.7. The van der Waals surface area contributed by atoms with Gasteiger partial charge in [-0.1, -0.05) is 58.4 Å². The monoisotopic (exact) mass is 386 g/mol. The van der Waals surface area contributed by atoms with Crippen LogP contribution < -0.4 is 0 Å². The first-order valence-electron chi connectivity index (χ1n) is 7.17. The number of rotatable bonds is 3. The summed E-state index contributed by atoms with van der Waals surface area (Å²) < 4.78 is 1.01. The number of carbonyl (C=O) groups excluding carboxylic acids is 1. The number of benzene rings is 2. The number of amides is 1. The quantitative estimate of drug-likeness (QED) is 0.587. The summed E-state index contributed by atoms with van der Waals surface area (Å²) in [5.41, 5.74) is 2.61. The summed E-state index contributed by atoms with van der Waals surface area (Å²) in [7, 11) is 1.83. The van der Waals surface area contributed by atoms with Crippen LogP contribution in [0.4, 0.5) is 0 Å². The molecule has 116 valence electrons. The van der Waals surface area contributed by atoms with Crippen molar-refractivity contribution in [3.05, 3.63) is 75.9 Å². The van der Waals surface area contributed by atoms with Gasteiger partial charge in [0.25, 0.3) is 5.91 Å². The maximum absolute atomic E-state index is 12.7. The van der Waals surface area contributed by atoms with E-state index in [1.807, 2.05) is 67.7 Å². The van der Waals surface area contributed by atoms with Gasteiger partial charge in [-0.3, -0.25) is 9.69 Å². The minimum Gasteiger partial charge on any atom is -0.317 e. The lowest BCUT2D eigenvalue weighted by Crippen LogP contribution is -2.30. The van der Waals surface area contributed by atoms with E-state index in [0.717, 1.165) is 15.6 Å². The summed E-state index contributed by atoms with van der Waals surface area (Å²) in [4.78, 5) is 16.1. The molecule has 0 spiro atoms. The third kappa shape index (κ3) is 3.35. The molecule has 1 aliphatic heterocycles. The van der Waals surface area contributed by atoms with Crippen LogP contribution in [0.5, 0.6) is 0 Å². The molecule has 1 saturated heterocycles. The number of thiocarbonyl (C=S) groups is 1. The Kier molecular flexibility index (Phi) is 4.59. The van der Waals surface area contributed by atoms with E-state index in [2.05, 4.69) is 15.9 Å². The van der Waals surface area contributed by atoms with E-state index in [1.165, 1.54) is 0 Å². The Morgan fingerprint density at radius 1 is 1.09 bits per heavy atom. The molecule has 0 bridgehead atoms. The standard InChI is InChI=1S/C18H15BrN2OS/c1-20-16(11-13-7-9-15(19)10-8-13)17(22)21(18(20)23)12-14-5-3-2-4-6-14/h2-11H,12H2,1H3. The SMILES string of the molecule is CN1C(=S)N(Cc2ccccc2)C(=O)C1=Cc1ccc(Br)cc1. The highest BCUT2D eigenvalue weighted by molar-refractivity contribution is 9.10. The number of hydrogen-bond donors (Lipinski definition) is 0. The van der Waals surface area contributed by atoms with E-state index in [9.17, 15) is 4.79 Å². The first-order chi connectivity index (χ1) is 11.1. The minimum atomic E-state index is -0.0655. The Labute approximate surface area is 149 Å². The van der Waals surface area contributed by atoms with Gasteiger partial charge < -0.3 is 4.90 Å². The lowest BCUT2D eigenvalue weighted by Gasteiger charge is -2.16. The lowest BCUT2D eigenvalue weighted by molar-refractivity contribution is -0.122. The summed E-state index contributed by atoms with van der Waals surface area (Å²) in [6.45, 7) is 0.487. The Bertz CT molecular complexity index is 771. The lowest BCUT2D eigenvalue weighted by atomic mass is 10.2. The number of likely N-dealkylation sites (N-methyl/N-ethyl adjacent to an activating group) is 1. The van der Waals surface area contributed by atoms with E-state index in [4.69, 9.17) is 12.2 Å². The van der Waals surface area contributed by atoms with Crippen LogP contribution in [0, 0.1) is 0 Å². The smallest absolute Gasteiger partial charge is 0.277 e. The third-order valence-corrected chi connectivity index (χ3v) is 4.72. The highest BCUT2D eigenvalue weighted by atomic mass is 79.9. The molecule has 2 aromatic carbocycles. The summed E-state index contributed by atoms with van der Waals surface area (Å²) in [5.74, 6) is -0.0655. The maximum Gasteiger partial charge on any atom is 0.277 e. The molecule has 0 radical (unpaired) electrons. The van der Waals surface area contributed by atoms with Crippen molar-refractivity contribution in [2.75, 3.05) is 7.05 Å². The van der Waals surface area contributed by atoms with Crippen LogP contribution in [0.25, 0.3) is 6.08 Å². The first kappa shape index (κ1) is 15.9. The van der Waals surface area contributed by atoms with E-state index in [-0.39, 0.29) is 5.91 Å².